The molecule has 0 radical (unpaired) electrons. The number of nitrogens with one attached hydrogen (secondary N) is 1. The predicted octanol–water partition coefficient (Wildman–Crippen LogP) is 4.36. The van der Waals surface area contributed by atoms with E-state index < -0.39 is 21.7 Å². The van der Waals surface area contributed by atoms with Crippen LogP contribution in [0.25, 0.3) is 10.8 Å². The van der Waals surface area contributed by atoms with Crippen LogP contribution in [0.2, 0.25) is 0 Å². The lowest BCUT2D eigenvalue weighted by Crippen LogP contribution is -2.37. The topological polar surface area (TPSA) is 115 Å². The number of alkyl carbamates (subject to hydrolysis) is 1. The average Bonchev–Trinajstić information content (AvgIpc) is 2.80. The van der Waals surface area contributed by atoms with E-state index >= 15 is 0 Å². The molecule has 188 valence electrons. The van der Waals surface area contributed by atoms with E-state index in [0.29, 0.717) is 36.7 Å². The lowest BCUT2D eigenvalue weighted by Gasteiger charge is -2.24. The van der Waals surface area contributed by atoms with E-state index in [1.165, 1.54) is 10.5 Å². The van der Waals surface area contributed by atoms with Crippen molar-refractivity contribution in [1.29, 1.82) is 0 Å². The van der Waals surface area contributed by atoms with Crippen molar-refractivity contribution in [1.82, 2.24) is 14.6 Å². The average molecular weight is 499 g/mol. The van der Waals surface area contributed by atoms with Gasteiger partial charge in [-0.25, -0.2) is 18.2 Å². The van der Waals surface area contributed by atoms with E-state index in [1.807, 2.05) is 30.3 Å². The molecule has 0 spiro atoms. The highest BCUT2D eigenvalue weighted by molar-refractivity contribution is 7.89. The van der Waals surface area contributed by atoms with Gasteiger partial charge in [-0.3, -0.25) is 0 Å². The molecule has 35 heavy (non-hydrogen) atoms. The van der Waals surface area contributed by atoms with Crippen molar-refractivity contribution in [3.05, 3.63) is 66.4 Å². The molecule has 9 heteroatoms. The zero-order chi connectivity index (χ0) is 25.5. The first-order chi connectivity index (χ1) is 16.6. The summed E-state index contributed by atoms with van der Waals surface area (Å²) in [5.41, 5.74) is 6.55. The van der Waals surface area contributed by atoms with E-state index in [4.69, 9.17) is 10.5 Å². The lowest BCUT2D eigenvalue weighted by atomic mass is 10.1. The SMILES string of the molecule is CC(C)(C)OC(=O)NCCCN(CCCc1ccccc1)S(=O)(=O)c1cccc2c(N)nccc12. The predicted molar refractivity (Wildman–Crippen MR) is 139 cm³/mol. The largest absolute Gasteiger partial charge is 0.444 e. The number of sulfonamides is 1. The van der Waals surface area contributed by atoms with Crippen LogP contribution in [0.1, 0.15) is 39.2 Å². The number of pyridine rings is 1. The van der Waals surface area contributed by atoms with Crippen molar-refractivity contribution >= 4 is 32.7 Å². The van der Waals surface area contributed by atoms with Gasteiger partial charge in [0.05, 0.1) is 4.90 Å². The summed E-state index contributed by atoms with van der Waals surface area (Å²) in [5.74, 6) is 0.289. The number of anilines is 1. The molecule has 3 rings (SSSR count). The Hall–Kier alpha value is -3.17. The van der Waals surface area contributed by atoms with Gasteiger partial charge in [-0.05, 0) is 57.7 Å². The molecule has 0 aliphatic rings. The van der Waals surface area contributed by atoms with Gasteiger partial charge in [-0.2, -0.15) is 4.31 Å². The molecule has 8 nitrogen and oxygen atoms in total. The summed E-state index contributed by atoms with van der Waals surface area (Å²) in [5, 5.41) is 3.84. The van der Waals surface area contributed by atoms with Crippen LogP contribution in [0.5, 0.6) is 0 Å². The Kier molecular flexibility index (Phi) is 8.69. The summed E-state index contributed by atoms with van der Waals surface area (Å²) in [4.78, 5) is 16.2. The van der Waals surface area contributed by atoms with Crippen molar-refractivity contribution in [2.45, 2.75) is 50.5 Å². The molecule has 2 aromatic carbocycles. The molecule has 0 bridgehead atoms. The Morgan fingerprint density at radius 3 is 2.43 bits per heavy atom. The van der Waals surface area contributed by atoms with Gasteiger partial charge in [-0.15, -0.1) is 0 Å². The van der Waals surface area contributed by atoms with Gasteiger partial charge < -0.3 is 15.8 Å². The monoisotopic (exact) mass is 498 g/mol. The van der Waals surface area contributed by atoms with Crippen LogP contribution >= 0.6 is 0 Å². The molecular formula is C26H34N4O4S. The fraction of sp³-hybridized carbons (Fsp3) is 0.385. The first-order valence-corrected chi connectivity index (χ1v) is 13.2. The minimum absolute atomic E-state index is 0.198. The smallest absolute Gasteiger partial charge is 0.407 e. The van der Waals surface area contributed by atoms with Gasteiger partial charge in [0.2, 0.25) is 10.0 Å². The van der Waals surface area contributed by atoms with Crippen LogP contribution in [-0.4, -0.2) is 49.0 Å². The van der Waals surface area contributed by atoms with Crippen molar-refractivity contribution in [2.75, 3.05) is 25.4 Å². The third kappa shape index (κ3) is 7.40. The molecule has 1 heterocycles. The third-order valence-corrected chi connectivity index (χ3v) is 7.34. The summed E-state index contributed by atoms with van der Waals surface area (Å²) in [6, 6.07) is 16.7. The lowest BCUT2D eigenvalue weighted by molar-refractivity contribution is 0.0526. The number of carbonyl (C=O) groups is 1. The second kappa shape index (κ2) is 11.5. The number of hydrogen-bond acceptors (Lipinski definition) is 6. The summed E-state index contributed by atoms with van der Waals surface area (Å²) in [6.07, 6.45) is 2.86. The number of aromatic nitrogens is 1. The molecule has 0 atom stereocenters. The summed E-state index contributed by atoms with van der Waals surface area (Å²) in [7, 11) is -3.82. The number of rotatable bonds is 10. The molecule has 0 aliphatic carbocycles. The molecular weight excluding hydrogens is 464 g/mol. The number of ether oxygens (including phenoxy) is 1. The van der Waals surface area contributed by atoms with Crippen LogP contribution in [0, 0.1) is 0 Å². The first kappa shape index (κ1) is 26.4. The summed E-state index contributed by atoms with van der Waals surface area (Å²) >= 11 is 0. The highest BCUT2D eigenvalue weighted by Crippen LogP contribution is 2.28. The molecule has 0 unspecified atom stereocenters. The van der Waals surface area contributed by atoms with Crippen LogP contribution in [0.15, 0.2) is 65.7 Å². The van der Waals surface area contributed by atoms with Gasteiger partial charge in [0, 0.05) is 36.6 Å². The van der Waals surface area contributed by atoms with Crippen molar-refractivity contribution in [2.24, 2.45) is 0 Å². The Bertz CT molecular complexity index is 1240. The second-order valence-electron chi connectivity index (χ2n) is 9.32. The fourth-order valence-electron chi connectivity index (χ4n) is 3.78. The van der Waals surface area contributed by atoms with Gasteiger partial charge >= 0.3 is 6.09 Å². The number of hydrogen-bond donors (Lipinski definition) is 2. The number of benzene rings is 2. The van der Waals surface area contributed by atoms with E-state index in [-0.39, 0.29) is 17.3 Å². The third-order valence-electron chi connectivity index (χ3n) is 5.38. The Balaban J connectivity index is 1.76. The molecule has 3 aromatic rings. The fourth-order valence-corrected chi connectivity index (χ4v) is 5.50. The first-order valence-electron chi connectivity index (χ1n) is 11.7. The summed E-state index contributed by atoms with van der Waals surface area (Å²) < 4.78 is 34.3. The molecule has 1 amide bonds. The number of carbonyl (C=O) groups excluding carboxylic acids is 1. The Morgan fingerprint density at radius 1 is 1.00 bits per heavy atom. The molecule has 0 aliphatic heterocycles. The van der Waals surface area contributed by atoms with Gasteiger partial charge in [0.25, 0.3) is 0 Å². The van der Waals surface area contributed by atoms with E-state index in [2.05, 4.69) is 10.3 Å². The molecule has 0 saturated carbocycles. The quantitative estimate of drug-likeness (QED) is 0.402. The van der Waals surface area contributed by atoms with Crippen LogP contribution in [0.3, 0.4) is 0 Å². The van der Waals surface area contributed by atoms with Crippen LogP contribution in [-0.2, 0) is 21.2 Å². The Labute approximate surface area is 207 Å². The van der Waals surface area contributed by atoms with Gasteiger partial charge in [-0.1, -0.05) is 42.5 Å². The number of amides is 1. The second-order valence-corrected chi connectivity index (χ2v) is 11.2. The normalized spacial score (nSPS) is 12.1. The molecule has 3 N–H and O–H groups in total. The summed E-state index contributed by atoms with van der Waals surface area (Å²) in [6.45, 7) is 6.27. The van der Waals surface area contributed by atoms with Crippen molar-refractivity contribution in [3.63, 3.8) is 0 Å². The van der Waals surface area contributed by atoms with Gasteiger partial charge in [0.15, 0.2) is 0 Å². The maximum absolute atomic E-state index is 13.8. The number of fused-ring (bicyclic) bond motifs is 1. The van der Waals surface area contributed by atoms with E-state index in [1.54, 1.807) is 45.0 Å². The molecule has 0 fully saturated rings. The number of nitrogens with zero attached hydrogens (tertiary/aromatic N) is 2. The van der Waals surface area contributed by atoms with Crippen LogP contribution < -0.4 is 11.1 Å². The minimum atomic E-state index is -3.82. The maximum atomic E-state index is 13.8. The number of nitrogen functional groups attached to an aromatic ring is 1. The minimum Gasteiger partial charge on any atom is -0.444 e. The Morgan fingerprint density at radius 2 is 1.71 bits per heavy atom. The highest BCUT2D eigenvalue weighted by atomic mass is 32.2. The van der Waals surface area contributed by atoms with Gasteiger partial charge in [0.1, 0.15) is 11.4 Å². The van der Waals surface area contributed by atoms with E-state index in [0.717, 1.165) is 12.0 Å². The van der Waals surface area contributed by atoms with Crippen LogP contribution in [0.4, 0.5) is 10.6 Å². The molecule has 1 aromatic heterocycles. The standard InChI is InChI=1S/C26H34N4O4S/c1-26(2,3)34-25(31)29-16-9-19-30(18-8-12-20-10-5-4-6-11-20)35(32,33)23-14-7-13-22-21(23)15-17-28-24(22)27/h4-7,10-11,13-15,17H,8-9,12,16,18-19H2,1-3H3,(H2,27,28)(H,29,31). The number of nitrogens with two attached hydrogens (primary N) is 1. The highest BCUT2D eigenvalue weighted by Gasteiger charge is 2.26. The van der Waals surface area contributed by atoms with Crippen molar-refractivity contribution < 1.29 is 17.9 Å². The van der Waals surface area contributed by atoms with E-state index in [9.17, 15) is 13.2 Å². The zero-order valence-electron chi connectivity index (χ0n) is 20.5. The van der Waals surface area contributed by atoms with Crippen molar-refractivity contribution in [3.8, 4) is 0 Å². The number of aryl methyl sites for hydroxylation is 1. The maximum Gasteiger partial charge on any atom is 0.407 e. The zero-order valence-corrected chi connectivity index (χ0v) is 21.3. The molecule has 0 saturated heterocycles.